The second-order valence-corrected chi connectivity index (χ2v) is 4.83. The van der Waals surface area contributed by atoms with E-state index < -0.39 is 0 Å². The maximum absolute atomic E-state index is 13.2. The summed E-state index contributed by atoms with van der Waals surface area (Å²) in [5, 5.41) is 7.48. The zero-order valence-electron chi connectivity index (χ0n) is 8.82. The molecular weight excluding hydrogens is 223 g/mol. The van der Waals surface area contributed by atoms with Crippen molar-refractivity contribution < 1.29 is 4.39 Å². The highest BCUT2D eigenvalue weighted by Gasteiger charge is 2.15. The van der Waals surface area contributed by atoms with Gasteiger partial charge in [0.15, 0.2) is 0 Å². The first-order chi connectivity index (χ1) is 7.84. The highest BCUT2D eigenvalue weighted by atomic mass is 32.1. The number of hydrogen-bond acceptors (Lipinski definition) is 2. The third-order valence-corrected chi connectivity index (χ3v) is 3.86. The lowest BCUT2D eigenvalue weighted by Crippen LogP contribution is -2.40. The predicted molar refractivity (Wildman–Crippen MR) is 65.9 cm³/mol. The molecular formula is C12H12FN2S. The number of fused-ring (bicyclic) bond motifs is 1. The van der Waals surface area contributed by atoms with Crippen molar-refractivity contribution in [3.8, 4) is 0 Å². The summed E-state index contributed by atoms with van der Waals surface area (Å²) in [4.78, 5) is 2.30. The van der Waals surface area contributed by atoms with Crippen LogP contribution in [0.15, 0.2) is 23.6 Å². The van der Waals surface area contributed by atoms with Crippen LogP contribution in [-0.2, 0) is 0 Å². The molecule has 16 heavy (non-hydrogen) atoms. The summed E-state index contributed by atoms with van der Waals surface area (Å²) in [6, 6.07) is 5.01. The van der Waals surface area contributed by atoms with Crippen LogP contribution in [0.2, 0.25) is 0 Å². The molecule has 0 N–H and O–H groups in total. The third-order valence-electron chi connectivity index (χ3n) is 2.91. The lowest BCUT2D eigenvalue weighted by Gasteiger charge is -2.28. The molecule has 0 saturated carbocycles. The molecule has 0 aliphatic carbocycles. The predicted octanol–water partition coefficient (Wildman–Crippen LogP) is 2.46. The largest absolute Gasteiger partial charge is 0.368 e. The molecule has 83 valence electrons. The number of piperazine rings is 1. The van der Waals surface area contributed by atoms with Gasteiger partial charge in [-0.25, -0.2) is 9.71 Å². The number of anilines is 1. The first kappa shape index (κ1) is 10.1. The fraction of sp³-hybridized carbons (Fsp3) is 0.333. The van der Waals surface area contributed by atoms with Crippen LogP contribution >= 0.6 is 11.3 Å². The molecule has 1 aliphatic heterocycles. The molecule has 0 amide bonds. The van der Waals surface area contributed by atoms with E-state index in [1.165, 1.54) is 6.07 Å². The van der Waals surface area contributed by atoms with Crippen LogP contribution in [0.4, 0.5) is 10.1 Å². The van der Waals surface area contributed by atoms with Crippen molar-refractivity contribution in [3.63, 3.8) is 0 Å². The van der Waals surface area contributed by atoms with Gasteiger partial charge in [0.05, 0.1) is 5.69 Å². The Morgan fingerprint density at radius 1 is 1.25 bits per heavy atom. The summed E-state index contributed by atoms with van der Waals surface area (Å²) in [6.45, 7) is 3.66. The van der Waals surface area contributed by atoms with Gasteiger partial charge in [-0.15, -0.1) is 11.3 Å². The van der Waals surface area contributed by atoms with E-state index in [1.54, 1.807) is 17.4 Å². The fourth-order valence-electron chi connectivity index (χ4n) is 2.08. The summed E-state index contributed by atoms with van der Waals surface area (Å²) >= 11 is 1.68. The average molecular weight is 235 g/mol. The van der Waals surface area contributed by atoms with Crippen LogP contribution in [0.3, 0.4) is 0 Å². The Kier molecular flexibility index (Phi) is 2.53. The lowest BCUT2D eigenvalue weighted by molar-refractivity contribution is 0.580. The van der Waals surface area contributed by atoms with Gasteiger partial charge in [-0.1, -0.05) is 0 Å². The van der Waals surface area contributed by atoms with Gasteiger partial charge in [0.2, 0.25) is 0 Å². The van der Waals surface area contributed by atoms with E-state index in [0.717, 1.165) is 42.0 Å². The first-order valence-electron chi connectivity index (χ1n) is 5.39. The number of nitrogens with zero attached hydrogens (tertiary/aromatic N) is 2. The molecule has 1 aromatic heterocycles. The van der Waals surface area contributed by atoms with Gasteiger partial charge < -0.3 is 4.90 Å². The van der Waals surface area contributed by atoms with Gasteiger partial charge in [0.1, 0.15) is 5.82 Å². The van der Waals surface area contributed by atoms with E-state index in [4.69, 9.17) is 0 Å². The second-order valence-electron chi connectivity index (χ2n) is 3.92. The standard InChI is InChI=1S/C12H12FN2S/c13-9-1-2-12-10(7-9)11(8-16-12)15-5-3-14-4-6-15/h1-2,7-8H,3-6H2. The minimum atomic E-state index is -0.158. The maximum Gasteiger partial charge on any atom is 0.123 e. The zero-order chi connectivity index (χ0) is 11.0. The number of rotatable bonds is 1. The second kappa shape index (κ2) is 4.03. The van der Waals surface area contributed by atoms with Crippen molar-refractivity contribution in [1.82, 2.24) is 5.32 Å². The highest BCUT2D eigenvalue weighted by molar-refractivity contribution is 7.17. The highest BCUT2D eigenvalue weighted by Crippen LogP contribution is 2.33. The Morgan fingerprint density at radius 2 is 2.06 bits per heavy atom. The molecule has 1 radical (unpaired) electrons. The molecule has 1 saturated heterocycles. The van der Waals surface area contributed by atoms with Crippen molar-refractivity contribution in [1.29, 1.82) is 0 Å². The Labute approximate surface area is 97.7 Å². The van der Waals surface area contributed by atoms with Gasteiger partial charge >= 0.3 is 0 Å². The van der Waals surface area contributed by atoms with Gasteiger partial charge in [-0.3, -0.25) is 0 Å². The summed E-state index contributed by atoms with van der Waals surface area (Å²) in [7, 11) is 0. The molecule has 2 heterocycles. The van der Waals surface area contributed by atoms with Crippen LogP contribution in [0, 0.1) is 5.82 Å². The molecule has 4 heteroatoms. The monoisotopic (exact) mass is 235 g/mol. The van der Waals surface area contributed by atoms with E-state index in [-0.39, 0.29) is 5.82 Å². The Hall–Kier alpha value is -1.13. The van der Waals surface area contributed by atoms with E-state index in [1.807, 2.05) is 6.07 Å². The molecule has 2 aromatic rings. The molecule has 0 spiro atoms. The molecule has 0 bridgehead atoms. The summed E-state index contributed by atoms with van der Waals surface area (Å²) < 4.78 is 14.4. The normalized spacial score (nSPS) is 16.9. The van der Waals surface area contributed by atoms with E-state index in [9.17, 15) is 4.39 Å². The molecule has 0 unspecified atom stereocenters. The fourth-order valence-corrected chi connectivity index (χ4v) is 3.03. The van der Waals surface area contributed by atoms with Gasteiger partial charge in [-0.2, -0.15) is 0 Å². The summed E-state index contributed by atoms with van der Waals surface area (Å²) in [5.74, 6) is -0.158. The Balaban J connectivity index is 2.05. The minimum absolute atomic E-state index is 0.158. The van der Waals surface area contributed by atoms with Crippen LogP contribution < -0.4 is 10.2 Å². The number of hydrogen-bond donors (Lipinski definition) is 0. The summed E-state index contributed by atoms with van der Waals surface area (Å²) in [6.07, 6.45) is 0. The number of halogens is 1. The molecule has 3 rings (SSSR count). The van der Waals surface area contributed by atoms with Crippen molar-refractivity contribution >= 4 is 27.1 Å². The third kappa shape index (κ3) is 1.68. The quantitative estimate of drug-likeness (QED) is 0.742. The van der Waals surface area contributed by atoms with Crippen molar-refractivity contribution in [2.24, 2.45) is 0 Å². The Morgan fingerprint density at radius 3 is 2.88 bits per heavy atom. The average Bonchev–Trinajstić information content (AvgIpc) is 2.73. The molecule has 2 nitrogen and oxygen atoms in total. The number of thiophene rings is 1. The van der Waals surface area contributed by atoms with Crippen LogP contribution in [0.1, 0.15) is 0 Å². The van der Waals surface area contributed by atoms with E-state index in [0.29, 0.717) is 0 Å². The van der Waals surface area contributed by atoms with Crippen LogP contribution in [0.5, 0.6) is 0 Å². The smallest absolute Gasteiger partial charge is 0.123 e. The molecule has 1 aromatic carbocycles. The van der Waals surface area contributed by atoms with E-state index >= 15 is 0 Å². The molecule has 0 atom stereocenters. The van der Waals surface area contributed by atoms with Crippen molar-refractivity contribution in [2.75, 3.05) is 31.1 Å². The van der Waals surface area contributed by atoms with E-state index in [2.05, 4.69) is 15.6 Å². The SMILES string of the molecule is Fc1ccc2scc(N3CC[N]CC3)c2c1. The zero-order valence-corrected chi connectivity index (χ0v) is 9.63. The van der Waals surface area contributed by atoms with Crippen LogP contribution in [-0.4, -0.2) is 26.2 Å². The summed E-state index contributed by atoms with van der Waals surface area (Å²) in [5.41, 5.74) is 1.16. The topological polar surface area (TPSA) is 17.3 Å². The van der Waals surface area contributed by atoms with Gasteiger partial charge in [0, 0.05) is 41.6 Å². The maximum atomic E-state index is 13.2. The Bertz CT molecular complexity index is 503. The van der Waals surface area contributed by atoms with Gasteiger partial charge in [-0.05, 0) is 18.2 Å². The molecule has 1 fully saturated rings. The number of benzene rings is 1. The first-order valence-corrected chi connectivity index (χ1v) is 6.27. The van der Waals surface area contributed by atoms with Gasteiger partial charge in [0.25, 0.3) is 0 Å². The molecule has 1 aliphatic rings. The minimum Gasteiger partial charge on any atom is -0.368 e. The van der Waals surface area contributed by atoms with Crippen molar-refractivity contribution in [3.05, 3.63) is 29.4 Å². The van der Waals surface area contributed by atoms with Crippen LogP contribution in [0.25, 0.3) is 10.1 Å². The lowest BCUT2D eigenvalue weighted by atomic mass is 10.2. The van der Waals surface area contributed by atoms with Crippen molar-refractivity contribution in [2.45, 2.75) is 0 Å².